The van der Waals surface area contributed by atoms with E-state index in [4.69, 9.17) is 4.74 Å². The number of carbonyl (C=O) groups is 1. The number of fused-ring (bicyclic) bond motifs is 7. The average Bonchev–Trinajstić information content (AvgIpc) is 2.97. The van der Waals surface area contributed by atoms with Gasteiger partial charge in [0, 0.05) is 24.5 Å². The zero-order valence-corrected chi connectivity index (χ0v) is 18.6. The van der Waals surface area contributed by atoms with E-state index in [2.05, 4.69) is 91.2 Å². The smallest absolute Gasteiger partial charge is 0.338 e. The van der Waals surface area contributed by atoms with Crippen molar-refractivity contribution in [2.45, 2.75) is 39.4 Å². The number of anilines is 2. The Hall–Kier alpha value is -3.27. The Bertz CT molecular complexity index is 1170. The van der Waals surface area contributed by atoms with Gasteiger partial charge in [-0.1, -0.05) is 65.2 Å². The van der Waals surface area contributed by atoms with Gasteiger partial charge in [0.05, 0.1) is 13.7 Å². The summed E-state index contributed by atoms with van der Waals surface area (Å²) in [5.74, 6) is -0.223. The first-order valence-electron chi connectivity index (χ1n) is 10.8. The van der Waals surface area contributed by atoms with Crippen LogP contribution in [0.2, 0.25) is 0 Å². The largest absolute Gasteiger partial charge is 0.467 e. The van der Waals surface area contributed by atoms with Crippen molar-refractivity contribution in [1.82, 2.24) is 0 Å². The molecule has 0 N–H and O–H groups in total. The first-order chi connectivity index (χ1) is 14.9. The summed E-state index contributed by atoms with van der Waals surface area (Å²) in [5.41, 5.74) is 8.43. The van der Waals surface area contributed by atoms with E-state index in [-0.39, 0.29) is 5.97 Å². The lowest BCUT2D eigenvalue weighted by molar-refractivity contribution is -0.147. The van der Waals surface area contributed by atoms with Crippen LogP contribution in [0, 0.1) is 20.8 Å². The summed E-state index contributed by atoms with van der Waals surface area (Å²) in [5, 5.41) is 0. The van der Waals surface area contributed by atoms with Crippen LogP contribution in [0.1, 0.15) is 33.4 Å². The highest BCUT2D eigenvalue weighted by atomic mass is 16.5. The minimum Gasteiger partial charge on any atom is -0.467 e. The van der Waals surface area contributed by atoms with Gasteiger partial charge in [0.25, 0.3) is 0 Å². The van der Waals surface area contributed by atoms with E-state index in [1.54, 1.807) is 0 Å². The van der Waals surface area contributed by atoms with Gasteiger partial charge in [-0.2, -0.15) is 0 Å². The zero-order chi connectivity index (χ0) is 21.8. The van der Waals surface area contributed by atoms with Gasteiger partial charge in [-0.05, 0) is 49.6 Å². The fourth-order valence-corrected chi connectivity index (χ4v) is 5.18. The number of hydrogen-bond donors (Lipinski definition) is 0. The molecule has 5 rings (SSSR count). The molecular formula is C27H28N2O2. The van der Waals surface area contributed by atoms with Gasteiger partial charge in [-0.15, -0.1) is 0 Å². The highest BCUT2D eigenvalue weighted by Gasteiger charge is 2.52. The molecular weight excluding hydrogens is 384 g/mol. The summed E-state index contributed by atoms with van der Waals surface area (Å²) in [7, 11) is 1.50. The Morgan fingerprint density at radius 3 is 2.03 bits per heavy atom. The van der Waals surface area contributed by atoms with Crippen LogP contribution in [0.4, 0.5) is 11.4 Å². The van der Waals surface area contributed by atoms with Crippen LogP contribution in [0.15, 0.2) is 60.7 Å². The first-order valence-corrected chi connectivity index (χ1v) is 10.8. The van der Waals surface area contributed by atoms with E-state index in [1.807, 2.05) is 0 Å². The maximum absolute atomic E-state index is 13.7. The van der Waals surface area contributed by atoms with E-state index in [0.717, 1.165) is 17.8 Å². The zero-order valence-electron chi connectivity index (χ0n) is 18.6. The summed E-state index contributed by atoms with van der Waals surface area (Å²) >= 11 is 0. The highest BCUT2D eigenvalue weighted by molar-refractivity contribution is 5.90. The predicted octanol–water partition coefficient (Wildman–Crippen LogP) is 5.02. The molecule has 3 aromatic rings. The standard InChI is InChI=1S/C27H28N2O2/c1-18-5-9-23(10-6-18)27(26(30)31-4)17-28-15-21-13-20(3)8-12-25(21)29(27)16-22-14-19(2)7-11-24(22)28/h5-14H,15-17H2,1-4H3. The van der Waals surface area contributed by atoms with Crippen LogP contribution in [-0.2, 0) is 28.2 Å². The average molecular weight is 413 g/mol. The Balaban J connectivity index is 1.82. The van der Waals surface area contributed by atoms with Crippen LogP contribution in [0.3, 0.4) is 0 Å². The number of aryl methyl sites for hydroxylation is 3. The Labute approximate surface area is 184 Å². The minimum atomic E-state index is -0.935. The molecule has 1 unspecified atom stereocenters. The number of hydrogen-bond acceptors (Lipinski definition) is 4. The van der Waals surface area contributed by atoms with Crippen molar-refractivity contribution >= 4 is 17.3 Å². The molecule has 0 aromatic heterocycles. The maximum Gasteiger partial charge on any atom is 0.338 e. The predicted molar refractivity (Wildman–Crippen MR) is 124 cm³/mol. The van der Waals surface area contributed by atoms with Crippen molar-refractivity contribution in [2.24, 2.45) is 0 Å². The quantitative estimate of drug-likeness (QED) is 0.553. The molecule has 2 bridgehead atoms. The minimum absolute atomic E-state index is 0.223. The van der Waals surface area contributed by atoms with Crippen molar-refractivity contribution in [2.75, 3.05) is 23.5 Å². The molecule has 0 fully saturated rings. The Morgan fingerprint density at radius 1 is 0.806 bits per heavy atom. The van der Waals surface area contributed by atoms with Gasteiger partial charge in [-0.3, -0.25) is 0 Å². The number of ether oxygens (including phenoxy) is 1. The second kappa shape index (κ2) is 7.16. The molecule has 31 heavy (non-hydrogen) atoms. The molecule has 0 saturated carbocycles. The third kappa shape index (κ3) is 3.01. The fraction of sp³-hybridized carbons (Fsp3) is 0.296. The maximum atomic E-state index is 13.7. The lowest BCUT2D eigenvalue weighted by Gasteiger charge is -2.42. The molecule has 0 radical (unpaired) electrons. The van der Waals surface area contributed by atoms with Crippen LogP contribution < -0.4 is 9.80 Å². The molecule has 0 aliphatic carbocycles. The third-order valence-corrected chi connectivity index (χ3v) is 6.72. The number of nitrogens with zero attached hydrogens (tertiary/aromatic N) is 2. The summed E-state index contributed by atoms with van der Waals surface area (Å²) in [6.07, 6.45) is 0. The van der Waals surface area contributed by atoms with Gasteiger partial charge >= 0.3 is 5.97 Å². The van der Waals surface area contributed by atoms with E-state index in [1.165, 1.54) is 40.6 Å². The summed E-state index contributed by atoms with van der Waals surface area (Å²) in [6, 6.07) is 21.5. The van der Waals surface area contributed by atoms with Crippen molar-refractivity contribution in [3.8, 4) is 0 Å². The summed E-state index contributed by atoms with van der Waals surface area (Å²) < 4.78 is 5.50. The number of benzene rings is 3. The lowest BCUT2D eigenvalue weighted by Crippen LogP contribution is -2.56. The first kappa shape index (κ1) is 19.7. The SMILES string of the molecule is COC(=O)C1(c2ccc(C)cc2)CN2Cc3cc(C)ccc3N1Cc1cc(C)ccc12. The van der Waals surface area contributed by atoms with Crippen molar-refractivity contribution in [3.05, 3.63) is 94.0 Å². The van der Waals surface area contributed by atoms with E-state index in [0.29, 0.717) is 13.1 Å². The number of esters is 1. The molecule has 2 aliphatic heterocycles. The third-order valence-electron chi connectivity index (χ3n) is 6.72. The molecule has 2 aliphatic rings. The second-order valence-electron chi connectivity index (χ2n) is 8.92. The van der Waals surface area contributed by atoms with Gasteiger partial charge < -0.3 is 14.5 Å². The van der Waals surface area contributed by atoms with Crippen molar-refractivity contribution in [1.29, 1.82) is 0 Å². The molecule has 0 saturated heterocycles. The molecule has 158 valence electrons. The van der Waals surface area contributed by atoms with E-state index >= 15 is 0 Å². The normalized spacial score (nSPS) is 19.4. The monoisotopic (exact) mass is 412 g/mol. The van der Waals surface area contributed by atoms with Crippen LogP contribution >= 0.6 is 0 Å². The van der Waals surface area contributed by atoms with Crippen LogP contribution in [-0.4, -0.2) is 19.6 Å². The summed E-state index contributed by atoms with van der Waals surface area (Å²) in [6.45, 7) is 8.25. The Morgan fingerprint density at radius 2 is 1.39 bits per heavy atom. The number of carbonyl (C=O) groups excluding carboxylic acids is 1. The molecule has 4 heteroatoms. The molecule has 4 nitrogen and oxygen atoms in total. The molecule has 2 heterocycles. The van der Waals surface area contributed by atoms with Crippen molar-refractivity contribution in [3.63, 3.8) is 0 Å². The van der Waals surface area contributed by atoms with E-state index < -0.39 is 5.54 Å². The van der Waals surface area contributed by atoms with Gasteiger partial charge in [0.2, 0.25) is 0 Å². The molecule has 0 spiro atoms. The lowest BCUT2D eigenvalue weighted by atomic mass is 9.86. The van der Waals surface area contributed by atoms with Gasteiger partial charge in [0.15, 0.2) is 5.54 Å². The topological polar surface area (TPSA) is 32.8 Å². The summed E-state index contributed by atoms with van der Waals surface area (Å²) in [4.78, 5) is 18.3. The Kier molecular flexibility index (Phi) is 4.54. The highest BCUT2D eigenvalue weighted by Crippen LogP contribution is 2.46. The fourth-order valence-electron chi connectivity index (χ4n) is 5.18. The number of rotatable bonds is 2. The number of methoxy groups -OCH3 is 1. The molecule has 0 amide bonds. The second-order valence-corrected chi connectivity index (χ2v) is 8.92. The van der Waals surface area contributed by atoms with Crippen LogP contribution in [0.25, 0.3) is 0 Å². The van der Waals surface area contributed by atoms with Crippen molar-refractivity contribution < 1.29 is 9.53 Å². The van der Waals surface area contributed by atoms with E-state index in [9.17, 15) is 4.79 Å². The van der Waals surface area contributed by atoms with Crippen LogP contribution in [0.5, 0.6) is 0 Å². The molecule has 1 atom stereocenters. The molecule has 3 aromatic carbocycles. The van der Waals surface area contributed by atoms with Gasteiger partial charge in [-0.25, -0.2) is 4.79 Å². The van der Waals surface area contributed by atoms with Gasteiger partial charge in [0.1, 0.15) is 0 Å².